The minimum absolute atomic E-state index is 0.447. The highest BCUT2D eigenvalue weighted by molar-refractivity contribution is 7.09. The normalized spacial score (nSPS) is 14.9. The van der Waals surface area contributed by atoms with E-state index in [-0.39, 0.29) is 0 Å². The van der Waals surface area contributed by atoms with Crippen LogP contribution in [0.5, 0.6) is 0 Å². The van der Waals surface area contributed by atoms with Crippen molar-refractivity contribution in [3.05, 3.63) is 16.6 Å². The van der Waals surface area contributed by atoms with Gasteiger partial charge in [-0.15, -0.1) is 11.3 Å². The van der Waals surface area contributed by atoms with Crippen LogP contribution in [0, 0.1) is 5.92 Å². The molecule has 0 bridgehead atoms. The van der Waals surface area contributed by atoms with Gasteiger partial charge < -0.3 is 5.32 Å². The van der Waals surface area contributed by atoms with Gasteiger partial charge in [-0.25, -0.2) is 0 Å². The van der Waals surface area contributed by atoms with E-state index in [4.69, 9.17) is 0 Å². The minimum atomic E-state index is 0.447. The van der Waals surface area contributed by atoms with Gasteiger partial charge in [-0.1, -0.05) is 33.1 Å². The first kappa shape index (κ1) is 13.7. The lowest BCUT2D eigenvalue weighted by atomic mass is 9.99. The van der Waals surface area contributed by atoms with Crippen molar-refractivity contribution in [3.8, 4) is 0 Å². The number of unbranched alkanes of at least 4 members (excludes halogenated alkanes) is 1. The van der Waals surface area contributed by atoms with Crippen molar-refractivity contribution in [1.29, 1.82) is 0 Å². The predicted molar refractivity (Wildman–Crippen MR) is 71.8 cm³/mol. The second kappa shape index (κ2) is 7.80. The predicted octanol–water partition coefficient (Wildman–Crippen LogP) is 4.01. The quantitative estimate of drug-likeness (QED) is 0.742. The van der Waals surface area contributed by atoms with E-state index in [1.54, 1.807) is 11.3 Å². The smallest absolute Gasteiger partial charge is 0.0794 e. The molecule has 0 radical (unpaired) electrons. The molecule has 1 aromatic heterocycles. The summed E-state index contributed by atoms with van der Waals surface area (Å²) in [6, 6.07) is 0.447. The highest BCUT2D eigenvalue weighted by atomic mass is 32.1. The van der Waals surface area contributed by atoms with Gasteiger partial charge in [-0.2, -0.15) is 0 Å². The molecule has 3 heteroatoms. The molecule has 0 aliphatic carbocycles. The molecule has 0 aromatic carbocycles. The Morgan fingerprint density at radius 3 is 2.81 bits per heavy atom. The molecule has 0 saturated heterocycles. The number of nitrogens with zero attached hydrogens (tertiary/aromatic N) is 1. The maximum atomic E-state index is 4.12. The molecule has 0 amide bonds. The highest BCUT2D eigenvalue weighted by Gasteiger charge is 2.10. The van der Waals surface area contributed by atoms with Crippen LogP contribution >= 0.6 is 11.3 Å². The number of hydrogen-bond acceptors (Lipinski definition) is 3. The standard InChI is InChI=1S/C13H24N2S/c1-4-6-7-12(5-2)8-15-11(3)13-9-14-10-16-13/h9-12,15H,4-8H2,1-3H3. The molecule has 0 spiro atoms. The maximum absolute atomic E-state index is 4.12. The molecule has 0 saturated carbocycles. The number of aromatic nitrogens is 1. The molecule has 0 aliphatic heterocycles. The first-order valence-corrected chi connectivity index (χ1v) is 7.27. The van der Waals surface area contributed by atoms with E-state index in [2.05, 4.69) is 31.1 Å². The van der Waals surface area contributed by atoms with Gasteiger partial charge >= 0.3 is 0 Å². The van der Waals surface area contributed by atoms with E-state index in [9.17, 15) is 0 Å². The number of rotatable bonds is 8. The second-order valence-electron chi connectivity index (χ2n) is 4.45. The average Bonchev–Trinajstić information content (AvgIpc) is 2.82. The van der Waals surface area contributed by atoms with Gasteiger partial charge in [-0.05, 0) is 25.8 Å². The van der Waals surface area contributed by atoms with Gasteiger partial charge in [0.2, 0.25) is 0 Å². The van der Waals surface area contributed by atoms with Gasteiger partial charge in [-0.3, -0.25) is 4.98 Å². The highest BCUT2D eigenvalue weighted by Crippen LogP contribution is 2.18. The third-order valence-corrected chi connectivity index (χ3v) is 4.09. The topological polar surface area (TPSA) is 24.9 Å². The van der Waals surface area contributed by atoms with Gasteiger partial charge in [0.15, 0.2) is 0 Å². The molecule has 1 aromatic rings. The lowest BCUT2D eigenvalue weighted by molar-refractivity contribution is 0.400. The molecule has 0 fully saturated rings. The third-order valence-electron chi connectivity index (χ3n) is 3.13. The van der Waals surface area contributed by atoms with Crippen LogP contribution < -0.4 is 5.32 Å². The molecule has 1 N–H and O–H groups in total. The first-order valence-electron chi connectivity index (χ1n) is 6.39. The molecular weight excluding hydrogens is 216 g/mol. The molecule has 0 aliphatic rings. The second-order valence-corrected chi connectivity index (χ2v) is 5.37. The Kier molecular flexibility index (Phi) is 6.65. The van der Waals surface area contributed by atoms with Crippen molar-refractivity contribution in [3.63, 3.8) is 0 Å². The van der Waals surface area contributed by atoms with Gasteiger partial charge in [0.05, 0.1) is 5.51 Å². The summed E-state index contributed by atoms with van der Waals surface area (Å²) in [6.07, 6.45) is 7.27. The molecular formula is C13H24N2S. The Hall–Kier alpha value is -0.410. The van der Waals surface area contributed by atoms with Gasteiger partial charge in [0.25, 0.3) is 0 Å². The summed E-state index contributed by atoms with van der Waals surface area (Å²) in [6.45, 7) is 7.91. The summed E-state index contributed by atoms with van der Waals surface area (Å²) >= 11 is 1.73. The molecule has 1 heterocycles. The molecule has 2 unspecified atom stereocenters. The van der Waals surface area contributed by atoms with Crippen molar-refractivity contribution in [2.24, 2.45) is 5.92 Å². The number of thiazole rings is 1. The van der Waals surface area contributed by atoms with Crippen molar-refractivity contribution < 1.29 is 0 Å². The van der Waals surface area contributed by atoms with Crippen molar-refractivity contribution >= 4 is 11.3 Å². The maximum Gasteiger partial charge on any atom is 0.0794 e. The Morgan fingerprint density at radius 2 is 2.25 bits per heavy atom. The summed E-state index contributed by atoms with van der Waals surface area (Å²) in [7, 11) is 0. The summed E-state index contributed by atoms with van der Waals surface area (Å²) in [5, 5.41) is 3.62. The zero-order chi connectivity index (χ0) is 11.8. The van der Waals surface area contributed by atoms with E-state index in [1.807, 2.05) is 11.7 Å². The van der Waals surface area contributed by atoms with E-state index in [0.717, 1.165) is 12.5 Å². The fraction of sp³-hybridized carbons (Fsp3) is 0.769. The summed E-state index contributed by atoms with van der Waals surface area (Å²) in [4.78, 5) is 5.46. The van der Waals surface area contributed by atoms with E-state index in [0.29, 0.717) is 6.04 Å². The molecule has 92 valence electrons. The molecule has 16 heavy (non-hydrogen) atoms. The zero-order valence-corrected chi connectivity index (χ0v) is 11.5. The van der Waals surface area contributed by atoms with Gasteiger partial charge in [0.1, 0.15) is 0 Å². The van der Waals surface area contributed by atoms with Crippen LogP contribution in [0.15, 0.2) is 11.7 Å². The summed E-state index contributed by atoms with van der Waals surface area (Å²) in [5.41, 5.74) is 1.90. The Bertz CT molecular complexity index is 259. The summed E-state index contributed by atoms with van der Waals surface area (Å²) in [5.74, 6) is 0.829. The van der Waals surface area contributed by atoms with Crippen molar-refractivity contribution in [2.75, 3.05) is 6.54 Å². The molecule has 2 nitrogen and oxygen atoms in total. The Labute approximate surface area is 103 Å². The number of hydrogen-bond donors (Lipinski definition) is 1. The fourth-order valence-electron chi connectivity index (χ4n) is 1.83. The van der Waals surface area contributed by atoms with Crippen LogP contribution in [-0.4, -0.2) is 11.5 Å². The SMILES string of the molecule is CCCCC(CC)CNC(C)c1cncs1. The monoisotopic (exact) mass is 240 g/mol. The minimum Gasteiger partial charge on any atom is -0.309 e. The fourth-order valence-corrected chi connectivity index (χ4v) is 2.48. The lowest BCUT2D eigenvalue weighted by Crippen LogP contribution is -2.25. The van der Waals surface area contributed by atoms with Crippen LogP contribution in [0.4, 0.5) is 0 Å². The first-order chi connectivity index (χ1) is 7.77. The largest absolute Gasteiger partial charge is 0.309 e. The Balaban J connectivity index is 2.26. The summed E-state index contributed by atoms with van der Waals surface area (Å²) < 4.78 is 0. The van der Waals surface area contributed by atoms with Gasteiger partial charge in [0, 0.05) is 17.1 Å². The van der Waals surface area contributed by atoms with E-state index in [1.165, 1.54) is 30.6 Å². The van der Waals surface area contributed by atoms with Crippen LogP contribution in [-0.2, 0) is 0 Å². The van der Waals surface area contributed by atoms with Crippen LogP contribution in [0.3, 0.4) is 0 Å². The zero-order valence-electron chi connectivity index (χ0n) is 10.7. The average molecular weight is 240 g/mol. The van der Waals surface area contributed by atoms with Crippen LogP contribution in [0.2, 0.25) is 0 Å². The van der Waals surface area contributed by atoms with Crippen molar-refractivity contribution in [1.82, 2.24) is 10.3 Å². The molecule has 1 rings (SSSR count). The van der Waals surface area contributed by atoms with E-state index < -0.39 is 0 Å². The van der Waals surface area contributed by atoms with Crippen LogP contribution in [0.25, 0.3) is 0 Å². The van der Waals surface area contributed by atoms with Crippen molar-refractivity contribution in [2.45, 2.75) is 52.5 Å². The Morgan fingerprint density at radius 1 is 1.44 bits per heavy atom. The third kappa shape index (κ3) is 4.62. The van der Waals surface area contributed by atoms with E-state index >= 15 is 0 Å². The lowest BCUT2D eigenvalue weighted by Gasteiger charge is -2.18. The molecule has 2 atom stereocenters. The van der Waals surface area contributed by atoms with Crippen LogP contribution in [0.1, 0.15) is 57.4 Å². The number of nitrogens with one attached hydrogen (secondary N) is 1.